The van der Waals surface area contributed by atoms with Crippen LogP contribution in [0.4, 0.5) is 0 Å². The molecule has 3 heterocycles. The molecular weight excluding hydrogens is 408 g/mol. The molecule has 2 aromatic rings. The Morgan fingerprint density at radius 2 is 1.32 bits per heavy atom. The summed E-state index contributed by atoms with van der Waals surface area (Å²) in [6.45, 7) is 0. The van der Waals surface area contributed by atoms with Crippen LogP contribution in [-0.2, 0) is 24.0 Å². The fraction of sp³-hybridized carbons (Fsp3) is 0.455. The highest BCUT2D eigenvalue weighted by Crippen LogP contribution is 2.53. The van der Waals surface area contributed by atoms with Crippen LogP contribution in [0.25, 0.3) is 0 Å². The van der Waals surface area contributed by atoms with Crippen LogP contribution in [0.1, 0.15) is 41.2 Å². The second-order valence-electron chi connectivity index (χ2n) is 8.07. The number of aromatic hydroxyl groups is 3. The van der Waals surface area contributed by atoms with Crippen molar-refractivity contribution in [3.63, 3.8) is 0 Å². The maximum atomic E-state index is 10.1. The zero-order chi connectivity index (χ0) is 21.9. The molecule has 4 atom stereocenters. The molecule has 31 heavy (non-hydrogen) atoms. The number of methoxy groups -OCH3 is 1. The quantitative estimate of drug-likeness (QED) is 0.450. The summed E-state index contributed by atoms with van der Waals surface area (Å²) in [5, 5.41) is 49.8. The van der Waals surface area contributed by atoms with Gasteiger partial charge in [-0.05, 0) is 25.0 Å². The third-order valence-corrected chi connectivity index (χ3v) is 6.15. The predicted molar refractivity (Wildman–Crippen MR) is 106 cm³/mol. The van der Waals surface area contributed by atoms with E-state index in [1.807, 2.05) is 0 Å². The number of benzene rings is 2. The van der Waals surface area contributed by atoms with Crippen LogP contribution in [0, 0.1) is 0 Å². The monoisotopic (exact) mass is 432 g/mol. The summed E-state index contributed by atoms with van der Waals surface area (Å²) in [4.78, 5) is 0. The molecule has 0 aliphatic carbocycles. The van der Waals surface area contributed by atoms with E-state index < -0.39 is 42.0 Å². The number of aliphatic hydroxyl groups excluding tert-OH is 2. The van der Waals surface area contributed by atoms with Crippen LogP contribution in [0.15, 0.2) is 12.1 Å². The van der Waals surface area contributed by atoms with E-state index in [9.17, 15) is 25.5 Å². The number of hydrogen-bond acceptors (Lipinski definition) is 9. The van der Waals surface area contributed by atoms with Crippen molar-refractivity contribution in [1.82, 2.24) is 0 Å². The first kappa shape index (κ1) is 20.0. The molecule has 0 radical (unpaired) electrons. The molecule has 3 aliphatic rings. The lowest BCUT2D eigenvalue weighted by Crippen LogP contribution is -2.35. The lowest BCUT2D eigenvalue weighted by atomic mass is 9.86. The van der Waals surface area contributed by atoms with Crippen LogP contribution in [0.2, 0.25) is 0 Å². The van der Waals surface area contributed by atoms with Gasteiger partial charge in [-0.15, -0.1) is 0 Å². The minimum Gasteiger partial charge on any atom is -0.504 e. The van der Waals surface area contributed by atoms with Crippen LogP contribution < -0.4 is 14.2 Å². The van der Waals surface area contributed by atoms with Crippen LogP contribution in [0.3, 0.4) is 0 Å². The van der Waals surface area contributed by atoms with Crippen molar-refractivity contribution >= 4 is 0 Å². The van der Waals surface area contributed by atoms with E-state index in [1.54, 1.807) is 0 Å². The van der Waals surface area contributed by atoms with Crippen molar-refractivity contribution in [2.45, 2.75) is 56.9 Å². The molecule has 2 aromatic carbocycles. The molecule has 3 aliphatic heterocycles. The molecule has 0 saturated carbocycles. The van der Waals surface area contributed by atoms with Gasteiger partial charge in [-0.3, -0.25) is 0 Å². The van der Waals surface area contributed by atoms with Crippen LogP contribution >= 0.6 is 0 Å². The lowest BCUT2D eigenvalue weighted by molar-refractivity contribution is -0.0490. The molecule has 0 saturated heterocycles. The standard InChI is InChI=1S/C22H24O9/c1-28-15-8-12-21-10(2-4-17(26)30-21)20-11(3-5-16(25)29-20)22(12)31-19(15)9-6-13(23)18(27)14(24)7-9/h6-7,15-17,19,23-27H,2-5,8H2,1H3/t15-,16?,17?,19-/m1/s1. The summed E-state index contributed by atoms with van der Waals surface area (Å²) in [6.07, 6.45) is -0.778. The van der Waals surface area contributed by atoms with E-state index in [0.29, 0.717) is 54.9 Å². The summed E-state index contributed by atoms with van der Waals surface area (Å²) in [5.41, 5.74) is 2.79. The minimum atomic E-state index is -0.951. The van der Waals surface area contributed by atoms with Crippen molar-refractivity contribution in [3.05, 3.63) is 34.4 Å². The first-order chi connectivity index (χ1) is 14.9. The molecule has 2 unspecified atom stereocenters. The topological polar surface area (TPSA) is 138 Å². The Kier molecular flexibility index (Phi) is 4.76. The van der Waals surface area contributed by atoms with Crippen molar-refractivity contribution in [2.24, 2.45) is 0 Å². The van der Waals surface area contributed by atoms with Crippen molar-refractivity contribution < 1.29 is 44.5 Å². The lowest BCUT2D eigenvalue weighted by Gasteiger charge is -2.39. The zero-order valence-electron chi connectivity index (χ0n) is 16.9. The summed E-state index contributed by atoms with van der Waals surface area (Å²) in [7, 11) is 1.53. The molecule has 0 aromatic heterocycles. The zero-order valence-corrected chi connectivity index (χ0v) is 16.9. The first-order valence-corrected chi connectivity index (χ1v) is 10.2. The Labute approximate surface area is 178 Å². The number of ether oxygens (including phenoxy) is 4. The maximum absolute atomic E-state index is 10.1. The SMILES string of the molecule is CO[C@@H]1Cc2c3c(c4c(c2O[C@@H]1c1cc(O)c(O)c(O)c1)CCC(O)O4)CCC(O)O3. The highest BCUT2D eigenvalue weighted by Gasteiger charge is 2.41. The van der Waals surface area contributed by atoms with Gasteiger partial charge in [0.2, 0.25) is 0 Å². The van der Waals surface area contributed by atoms with E-state index >= 15 is 0 Å². The van der Waals surface area contributed by atoms with Gasteiger partial charge in [0.05, 0.1) is 0 Å². The minimum absolute atomic E-state index is 0.393. The molecular formula is C22H24O9. The van der Waals surface area contributed by atoms with Gasteiger partial charge in [-0.1, -0.05) is 0 Å². The fourth-order valence-corrected chi connectivity index (χ4v) is 4.64. The number of phenolic OH excluding ortho intramolecular Hbond substituents is 3. The highest BCUT2D eigenvalue weighted by molar-refractivity contribution is 5.65. The number of rotatable bonds is 2. The fourth-order valence-electron chi connectivity index (χ4n) is 4.64. The summed E-state index contributed by atoms with van der Waals surface area (Å²) in [6, 6.07) is 2.64. The Morgan fingerprint density at radius 1 is 0.806 bits per heavy atom. The van der Waals surface area contributed by atoms with Gasteiger partial charge in [0.1, 0.15) is 23.4 Å². The van der Waals surface area contributed by atoms with Gasteiger partial charge in [-0.25, -0.2) is 0 Å². The van der Waals surface area contributed by atoms with Crippen LogP contribution in [0.5, 0.6) is 34.5 Å². The average molecular weight is 432 g/mol. The largest absolute Gasteiger partial charge is 0.504 e. The summed E-state index contributed by atoms with van der Waals surface area (Å²) >= 11 is 0. The van der Waals surface area contributed by atoms with E-state index in [-0.39, 0.29) is 0 Å². The molecule has 9 nitrogen and oxygen atoms in total. The maximum Gasteiger partial charge on any atom is 0.200 e. The third kappa shape index (κ3) is 3.20. The van der Waals surface area contributed by atoms with Gasteiger partial charge in [0.15, 0.2) is 35.9 Å². The Balaban J connectivity index is 1.66. The van der Waals surface area contributed by atoms with Crippen molar-refractivity contribution in [1.29, 1.82) is 0 Å². The molecule has 166 valence electrons. The molecule has 5 rings (SSSR count). The highest BCUT2D eigenvalue weighted by atomic mass is 16.6. The number of fused-ring (bicyclic) bond motifs is 6. The first-order valence-electron chi connectivity index (χ1n) is 10.2. The van der Waals surface area contributed by atoms with Gasteiger partial charge in [0.25, 0.3) is 0 Å². The number of hydrogen-bond donors (Lipinski definition) is 5. The summed E-state index contributed by atoms with van der Waals surface area (Å²) in [5.74, 6) is -0.0107. The molecule has 0 bridgehead atoms. The van der Waals surface area contributed by atoms with E-state index in [0.717, 1.165) is 16.7 Å². The second kappa shape index (κ2) is 7.37. The van der Waals surface area contributed by atoms with Gasteiger partial charge >= 0.3 is 0 Å². The normalized spacial score (nSPS) is 26.5. The summed E-state index contributed by atoms with van der Waals surface area (Å²) < 4.78 is 23.5. The number of phenols is 3. The molecule has 9 heteroatoms. The second-order valence-corrected chi connectivity index (χ2v) is 8.07. The Bertz CT molecular complexity index is 1010. The molecule has 5 N–H and O–H groups in total. The van der Waals surface area contributed by atoms with E-state index in [4.69, 9.17) is 18.9 Å². The molecule has 0 fully saturated rings. The average Bonchev–Trinajstić information content (AvgIpc) is 2.76. The van der Waals surface area contributed by atoms with Crippen molar-refractivity contribution in [3.8, 4) is 34.5 Å². The number of aliphatic hydroxyl groups is 2. The van der Waals surface area contributed by atoms with Gasteiger partial charge in [-0.2, -0.15) is 0 Å². The predicted octanol–water partition coefficient (Wildman–Crippen LogP) is 1.78. The smallest absolute Gasteiger partial charge is 0.200 e. The molecule has 0 spiro atoms. The Hall–Kier alpha value is -2.88. The molecule has 0 amide bonds. The van der Waals surface area contributed by atoms with Gasteiger partial charge < -0.3 is 44.5 Å². The van der Waals surface area contributed by atoms with Crippen molar-refractivity contribution in [2.75, 3.05) is 7.11 Å². The van der Waals surface area contributed by atoms with E-state index in [2.05, 4.69) is 0 Å². The van der Waals surface area contributed by atoms with Crippen LogP contribution in [-0.4, -0.2) is 51.3 Å². The van der Waals surface area contributed by atoms with E-state index in [1.165, 1.54) is 19.2 Å². The Morgan fingerprint density at radius 3 is 1.87 bits per heavy atom. The third-order valence-electron chi connectivity index (χ3n) is 6.15. The van der Waals surface area contributed by atoms with Gasteiger partial charge in [0, 0.05) is 48.6 Å².